The fourth-order valence-electron chi connectivity index (χ4n) is 2.33. The summed E-state index contributed by atoms with van der Waals surface area (Å²) < 4.78 is 49.8. The molecule has 0 radical (unpaired) electrons. The summed E-state index contributed by atoms with van der Waals surface area (Å²) >= 11 is 0. The summed E-state index contributed by atoms with van der Waals surface area (Å²) in [5.74, 6) is -0.793. The molecular formula is C18H25F3N2O4. The Hall–Kier alpha value is -2.45. The van der Waals surface area contributed by atoms with Gasteiger partial charge < -0.3 is 20.1 Å². The van der Waals surface area contributed by atoms with Crippen LogP contribution in [0.3, 0.4) is 0 Å². The van der Waals surface area contributed by atoms with Crippen LogP contribution in [0.25, 0.3) is 0 Å². The fraction of sp³-hybridized carbons (Fsp3) is 0.556. The molecule has 0 saturated heterocycles. The Morgan fingerprint density at radius 1 is 1.15 bits per heavy atom. The monoisotopic (exact) mass is 390 g/mol. The highest BCUT2D eigenvalue weighted by Gasteiger charge is 2.34. The number of amides is 2. The van der Waals surface area contributed by atoms with Gasteiger partial charge in [-0.25, -0.2) is 4.79 Å². The van der Waals surface area contributed by atoms with Crippen molar-refractivity contribution in [1.29, 1.82) is 0 Å². The first-order chi connectivity index (χ1) is 12.5. The molecule has 1 aromatic rings. The first kappa shape index (κ1) is 22.6. The minimum absolute atomic E-state index is 0.0971. The van der Waals surface area contributed by atoms with E-state index >= 15 is 0 Å². The minimum Gasteiger partial charge on any atom is -0.491 e. The molecule has 1 aromatic carbocycles. The number of hydrogen-bond acceptors (Lipinski definition) is 4. The Kier molecular flexibility index (Phi) is 7.93. The minimum atomic E-state index is -4.60. The van der Waals surface area contributed by atoms with Crippen molar-refractivity contribution in [1.82, 2.24) is 10.6 Å². The average Bonchev–Trinajstić information content (AvgIpc) is 2.56. The lowest BCUT2D eigenvalue weighted by Crippen LogP contribution is -2.49. The molecule has 1 unspecified atom stereocenters. The molecular weight excluding hydrogens is 365 g/mol. The maximum atomic E-state index is 13.4. The van der Waals surface area contributed by atoms with Crippen molar-refractivity contribution in [3.63, 3.8) is 0 Å². The van der Waals surface area contributed by atoms with Crippen molar-refractivity contribution in [3.8, 4) is 5.75 Å². The lowest BCUT2D eigenvalue weighted by atomic mass is 10.0. The quantitative estimate of drug-likeness (QED) is 0.747. The second kappa shape index (κ2) is 9.48. The number of benzene rings is 1. The van der Waals surface area contributed by atoms with Crippen molar-refractivity contribution in [2.75, 3.05) is 7.11 Å². The van der Waals surface area contributed by atoms with E-state index < -0.39 is 29.8 Å². The first-order valence-corrected chi connectivity index (χ1v) is 8.44. The number of hydrogen-bond donors (Lipinski definition) is 2. The summed E-state index contributed by atoms with van der Waals surface area (Å²) in [6, 6.07) is 2.66. The predicted octanol–water partition coefficient (Wildman–Crippen LogP) is 3.49. The predicted molar refractivity (Wildman–Crippen MR) is 93.2 cm³/mol. The van der Waals surface area contributed by atoms with E-state index in [0.717, 1.165) is 13.2 Å². The SMILES string of the molecule is COC(=O)NC(C(=O)NCc1ccc(OC(C)C)cc1C(F)(F)F)C(C)C. The molecule has 0 bridgehead atoms. The Labute approximate surface area is 156 Å². The average molecular weight is 390 g/mol. The zero-order valence-corrected chi connectivity index (χ0v) is 15.9. The van der Waals surface area contributed by atoms with Gasteiger partial charge in [0.25, 0.3) is 0 Å². The van der Waals surface area contributed by atoms with E-state index in [1.807, 2.05) is 0 Å². The van der Waals surface area contributed by atoms with Gasteiger partial charge in [-0.05, 0) is 37.5 Å². The number of alkyl halides is 3. The third kappa shape index (κ3) is 6.99. The van der Waals surface area contributed by atoms with Gasteiger partial charge in [0, 0.05) is 6.54 Å². The van der Waals surface area contributed by atoms with Crippen molar-refractivity contribution in [2.24, 2.45) is 5.92 Å². The van der Waals surface area contributed by atoms with Crippen LogP contribution in [0.15, 0.2) is 18.2 Å². The van der Waals surface area contributed by atoms with Crippen LogP contribution in [0, 0.1) is 5.92 Å². The molecule has 6 nitrogen and oxygen atoms in total. The molecule has 152 valence electrons. The van der Waals surface area contributed by atoms with Gasteiger partial charge in [0.15, 0.2) is 0 Å². The number of nitrogens with one attached hydrogen (secondary N) is 2. The van der Waals surface area contributed by atoms with Gasteiger partial charge in [-0.3, -0.25) is 4.79 Å². The molecule has 0 aliphatic carbocycles. The van der Waals surface area contributed by atoms with Crippen molar-refractivity contribution >= 4 is 12.0 Å². The second-order valence-electron chi connectivity index (χ2n) is 6.56. The van der Waals surface area contributed by atoms with Gasteiger partial charge in [-0.2, -0.15) is 13.2 Å². The highest BCUT2D eigenvalue weighted by Crippen LogP contribution is 2.34. The van der Waals surface area contributed by atoms with Crippen molar-refractivity contribution in [2.45, 2.75) is 52.6 Å². The maximum Gasteiger partial charge on any atom is 0.416 e. The van der Waals surface area contributed by atoms with Crippen LogP contribution < -0.4 is 15.4 Å². The Morgan fingerprint density at radius 2 is 1.78 bits per heavy atom. The number of halogens is 3. The highest BCUT2D eigenvalue weighted by atomic mass is 19.4. The highest BCUT2D eigenvalue weighted by molar-refractivity contribution is 5.85. The number of carbonyl (C=O) groups is 2. The van der Waals surface area contributed by atoms with Gasteiger partial charge in [0.1, 0.15) is 11.8 Å². The topological polar surface area (TPSA) is 76.7 Å². The normalized spacial score (nSPS) is 12.7. The maximum absolute atomic E-state index is 13.4. The lowest BCUT2D eigenvalue weighted by molar-refractivity contribution is -0.138. The summed E-state index contributed by atoms with van der Waals surface area (Å²) in [5.41, 5.74) is -0.990. The summed E-state index contributed by atoms with van der Waals surface area (Å²) in [4.78, 5) is 23.6. The summed E-state index contributed by atoms with van der Waals surface area (Å²) in [7, 11) is 1.15. The van der Waals surface area contributed by atoms with Crippen LogP contribution in [0.2, 0.25) is 0 Å². The van der Waals surface area contributed by atoms with E-state index in [9.17, 15) is 22.8 Å². The molecule has 1 atom stereocenters. The van der Waals surface area contributed by atoms with Gasteiger partial charge in [0.2, 0.25) is 5.91 Å². The molecule has 2 amide bonds. The summed E-state index contributed by atoms with van der Waals surface area (Å²) in [5, 5.41) is 4.79. The molecule has 2 N–H and O–H groups in total. The summed E-state index contributed by atoms with van der Waals surface area (Å²) in [6.07, 6.45) is -5.67. The van der Waals surface area contributed by atoms with Crippen LogP contribution in [0.4, 0.5) is 18.0 Å². The van der Waals surface area contributed by atoms with E-state index in [2.05, 4.69) is 15.4 Å². The Bertz CT molecular complexity index is 660. The largest absolute Gasteiger partial charge is 0.491 e. The fourth-order valence-corrected chi connectivity index (χ4v) is 2.33. The lowest BCUT2D eigenvalue weighted by Gasteiger charge is -2.22. The molecule has 0 spiro atoms. The van der Waals surface area contributed by atoms with E-state index in [0.29, 0.717) is 0 Å². The molecule has 27 heavy (non-hydrogen) atoms. The van der Waals surface area contributed by atoms with Crippen molar-refractivity contribution in [3.05, 3.63) is 29.3 Å². The zero-order chi connectivity index (χ0) is 20.8. The smallest absolute Gasteiger partial charge is 0.416 e. The molecule has 9 heteroatoms. The van der Waals surface area contributed by atoms with E-state index in [4.69, 9.17) is 4.74 Å². The standard InChI is InChI=1S/C18H25F3N2O4/c1-10(2)15(23-17(25)26-5)16(24)22-9-12-6-7-13(27-11(3)4)8-14(12)18(19,20)21/h6-8,10-11,15H,9H2,1-5H3,(H,22,24)(H,23,25). The summed E-state index contributed by atoms with van der Waals surface area (Å²) in [6.45, 7) is 6.46. The number of alkyl carbamates (subject to hydrolysis) is 1. The second-order valence-corrected chi connectivity index (χ2v) is 6.56. The molecule has 0 aliphatic rings. The number of rotatable bonds is 7. The molecule has 0 saturated carbocycles. The Balaban J connectivity index is 2.96. The van der Waals surface area contributed by atoms with Gasteiger partial charge in [0.05, 0.1) is 18.8 Å². The zero-order valence-electron chi connectivity index (χ0n) is 15.9. The Morgan fingerprint density at radius 3 is 2.26 bits per heavy atom. The van der Waals surface area contributed by atoms with Crippen LogP contribution in [-0.2, 0) is 22.3 Å². The third-order valence-corrected chi connectivity index (χ3v) is 3.62. The molecule has 0 fully saturated rings. The molecule has 0 heterocycles. The number of carbonyl (C=O) groups excluding carboxylic acids is 2. The van der Waals surface area contributed by atoms with Crippen LogP contribution >= 0.6 is 0 Å². The third-order valence-electron chi connectivity index (χ3n) is 3.62. The number of ether oxygens (including phenoxy) is 2. The number of methoxy groups -OCH3 is 1. The van der Waals surface area contributed by atoms with Gasteiger partial charge in [-0.1, -0.05) is 19.9 Å². The van der Waals surface area contributed by atoms with Crippen molar-refractivity contribution < 1.29 is 32.2 Å². The van der Waals surface area contributed by atoms with Crippen LogP contribution in [-0.4, -0.2) is 31.3 Å². The van der Waals surface area contributed by atoms with E-state index in [1.165, 1.54) is 12.1 Å². The van der Waals surface area contributed by atoms with E-state index in [-0.39, 0.29) is 29.9 Å². The van der Waals surface area contributed by atoms with Gasteiger partial charge >= 0.3 is 12.3 Å². The molecule has 1 rings (SSSR count). The molecule has 0 aliphatic heterocycles. The van der Waals surface area contributed by atoms with Gasteiger partial charge in [-0.15, -0.1) is 0 Å². The molecule has 0 aromatic heterocycles. The van der Waals surface area contributed by atoms with E-state index in [1.54, 1.807) is 27.7 Å². The first-order valence-electron chi connectivity index (χ1n) is 8.44. The van der Waals surface area contributed by atoms with Crippen LogP contribution in [0.1, 0.15) is 38.8 Å². The van der Waals surface area contributed by atoms with Crippen LogP contribution in [0.5, 0.6) is 5.75 Å².